The number of pyridine rings is 1. The summed E-state index contributed by atoms with van der Waals surface area (Å²) in [6, 6.07) is 3.31. The first-order valence-corrected chi connectivity index (χ1v) is 5.34. The number of nitrogens with two attached hydrogens (primary N) is 1. The summed E-state index contributed by atoms with van der Waals surface area (Å²) in [5.41, 5.74) is 6.00. The van der Waals surface area contributed by atoms with E-state index in [0.717, 1.165) is 0 Å². The van der Waals surface area contributed by atoms with Gasteiger partial charge in [-0.2, -0.15) is 8.42 Å². The molecule has 0 spiro atoms. The van der Waals surface area contributed by atoms with Crippen molar-refractivity contribution in [1.82, 2.24) is 4.98 Å². The lowest BCUT2D eigenvalue weighted by Gasteiger charge is -2.02. The minimum absolute atomic E-state index is 0.0289. The molecule has 0 saturated carbocycles. The molecule has 2 heterocycles. The number of nitrogens with zero attached hydrogens (tertiary/aromatic N) is 3. The molecule has 1 aromatic heterocycles. The van der Waals surface area contributed by atoms with Crippen molar-refractivity contribution in [3.8, 4) is 0 Å². The largest absolute Gasteiger partial charge is 0.380 e. The molecule has 0 saturated heterocycles. The first-order chi connectivity index (χ1) is 7.07. The molecule has 0 radical (unpaired) electrons. The Morgan fingerprint density at radius 1 is 1.20 bits per heavy atom. The monoisotopic (exact) mass is 225 g/mol. The molecule has 0 bridgehead atoms. The van der Waals surface area contributed by atoms with Crippen LogP contribution in [0.2, 0.25) is 0 Å². The second-order valence-electron chi connectivity index (χ2n) is 2.73. The van der Waals surface area contributed by atoms with Crippen LogP contribution in [0.4, 0.5) is 5.69 Å². The van der Waals surface area contributed by atoms with Crippen molar-refractivity contribution >= 4 is 27.6 Å². The summed E-state index contributed by atoms with van der Waals surface area (Å²) >= 11 is 0. The maximum absolute atomic E-state index is 10.9. The van der Waals surface area contributed by atoms with Crippen LogP contribution in [0.5, 0.6) is 0 Å². The predicted molar refractivity (Wildman–Crippen MR) is 55.8 cm³/mol. The van der Waals surface area contributed by atoms with E-state index in [1.54, 1.807) is 24.5 Å². The first-order valence-electron chi connectivity index (χ1n) is 3.94. The van der Waals surface area contributed by atoms with Gasteiger partial charge in [0.05, 0.1) is 0 Å². The second kappa shape index (κ2) is 3.31. The normalized spacial score (nSPS) is 18.1. The van der Waals surface area contributed by atoms with Crippen molar-refractivity contribution in [2.45, 2.75) is 0 Å². The van der Waals surface area contributed by atoms with E-state index in [9.17, 15) is 8.42 Å². The predicted octanol–water partition coefficient (Wildman–Crippen LogP) is -0.492. The SMILES string of the molecule is NC1=NS(=O)(=O)N=C1Nc1ccncc1. The van der Waals surface area contributed by atoms with E-state index in [4.69, 9.17) is 5.73 Å². The van der Waals surface area contributed by atoms with E-state index in [0.29, 0.717) is 5.69 Å². The van der Waals surface area contributed by atoms with Crippen LogP contribution in [0.3, 0.4) is 0 Å². The fraction of sp³-hybridized carbons (Fsp3) is 0. The summed E-state index contributed by atoms with van der Waals surface area (Å²) in [5, 5.41) is 2.72. The molecule has 3 N–H and O–H groups in total. The maximum Gasteiger partial charge on any atom is 0.367 e. The molecule has 0 atom stereocenters. The molecule has 0 unspecified atom stereocenters. The van der Waals surface area contributed by atoms with Crippen LogP contribution >= 0.6 is 0 Å². The molecule has 0 aliphatic carbocycles. The Bertz CT molecular complexity index is 534. The third-order valence-electron chi connectivity index (χ3n) is 1.61. The van der Waals surface area contributed by atoms with Gasteiger partial charge >= 0.3 is 10.2 Å². The molecule has 1 aromatic rings. The molecule has 15 heavy (non-hydrogen) atoms. The van der Waals surface area contributed by atoms with Crippen LogP contribution in [-0.2, 0) is 10.2 Å². The highest BCUT2D eigenvalue weighted by Crippen LogP contribution is 2.09. The highest BCUT2D eigenvalue weighted by atomic mass is 32.2. The van der Waals surface area contributed by atoms with E-state index >= 15 is 0 Å². The molecule has 8 heteroatoms. The van der Waals surface area contributed by atoms with Crippen molar-refractivity contribution in [3.05, 3.63) is 24.5 Å². The quantitative estimate of drug-likeness (QED) is 0.670. The average Bonchev–Trinajstić information content (AvgIpc) is 2.41. The van der Waals surface area contributed by atoms with E-state index in [2.05, 4.69) is 19.1 Å². The summed E-state index contributed by atoms with van der Waals surface area (Å²) in [5.74, 6) is -0.118. The Morgan fingerprint density at radius 3 is 2.40 bits per heavy atom. The first kappa shape index (κ1) is 9.59. The summed E-state index contributed by atoms with van der Waals surface area (Å²) in [4.78, 5) is 3.81. The molecule has 2 rings (SSSR count). The number of hydrogen-bond acceptors (Lipinski definition) is 5. The Balaban J connectivity index is 2.27. The third-order valence-corrected chi connectivity index (χ3v) is 2.45. The standard InChI is InChI=1S/C7H7N5O2S/c8-6-7(12-15(13,14)11-6)10-5-1-3-9-4-2-5/h1-4H,(H2,8,11)(H,9,10,12). The Kier molecular flexibility index (Phi) is 2.12. The summed E-state index contributed by atoms with van der Waals surface area (Å²) in [6.07, 6.45) is 3.11. The number of aromatic nitrogens is 1. The Labute approximate surface area is 86.0 Å². The molecule has 1 aliphatic heterocycles. The van der Waals surface area contributed by atoms with Crippen LogP contribution in [0.1, 0.15) is 0 Å². The topological polar surface area (TPSA) is 110 Å². The third kappa shape index (κ3) is 2.10. The summed E-state index contributed by atoms with van der Waals surface area (Å²) in [6.45, 7) is 0. The average molecular weight is 225 g/mol. The fourth-order valence-electron chi connectivity index (χ4n) is 1.01. The Morgan fingerprint density at radius 2 is 1.87 bits per heavy atom. The highest BCUT2D eigenvalue weighted by molar-refractivity contribution is 7.89. The van der Waals surface area contributed by atoms with Gasteiger partial charge in [-0.1, -0.05) is 0 Å². The molecule has 0 fully saturated rings. The summed E-state index contributed by atoms with van der Waals surface area (Å²) in [7, 11) is -3.79. The lowest BCUT2D eigenvalue weighted by Crippen LogP contribution is -2.27. The van der Waals surface area contributed by atoms with Gasteiger partial charge in [0.1, 0.15) is 0 Å². The number of hydrogen-bond donors (Lipinski definition) is 2. The second-order valence-corrected chi connectivity index (χ2v) is 3.99. The zero-order valence-electron chi connectivity index (χ0n) is 7.45. The van der Waals surface area contributed by atoms with E-state index in [-0.39, 0.29) is 11.7 Å². The summed E-state index contributed by atoms with van der Waals surface area (Å²) < 4.78 is 28.4. The van der Waals surface area contributed by atoms with Crippen molar-refractivity contribution in [3.63, 3.8) is 0 Å². The molecule has 78 valence electrons. The molecule has 7 nitrogen and oxygen atoms in total. The van der Waals surface area contributed by atoms with Crippen LogP contribution in [0.25, 0.3) is 0 Å². The van der Waals surface area contributed by atoms with Gasteiger partial charge < -0.3 is 11.1 Å². The number of amidine groups is 2. The van der Waals surface area contributed by atoms with Crippen LogP contribution in [-0.4, -0.2) is 25.1 Å². The van der Waals surface area contributed by atoms with Gasteiger partial charge in [0.15, 0.2) is 11.7 Å². The van der Waals surface area contributed by atoms with Crippen molar-refractivity contribution in [2.75, 3.05) is 5.32 Å². The molecule has 0 amide bonds. The van der Waals surface area contributed by atoms with E-state index < -0.39 is 10.2 Å². The Hall–Kier alpha value is -1.96. The molecular formula is C7H7N5O2S. The van der Waals surface area contributed by atoms with Gasteiger partial charge in [0.2, 0.25) is 0 Å². The molecular weight excluding hydrogens is 218 g/mol. The van der Waals surface area contributed by atoms with Gasteiger partial charge in [-0.25, -0.2) is 0 Å². The van der Waals surface area contributed by atoms with Crippen molar-refractivity contribution in [2.24, 2.45) is 14.5 Å². The van der Waals surface area contributed by atoms with Crippen LogP contribution < -0.4 is 11.1 Å². The fourth-order valence-corrected chi connectivity index (χ4v) is 1.75. The van der Waals surface area contributed by atoms with Gasteiger partial charge in [-0.15, -0.1) is 8.80 Å². The molecule has 0 aromatic carbocycles. The number of anilines is 1. The van der Waals surface area contributed by atoms with Gasteiger partial charge in [0.25, 0.3) is 0 Å². The zero-order chi connectivity index (χ0) is 10.9. The van der Waals surface area contributed by atoms with E-state index in [1.165, 1.54) is 0 Å². The van der Waals surface area contributed by atoms with Gasteiger partial charge in [-0.05, 0) is 12.1 Å². The highest BCUT2D eigenvalue weighted by Gasteiger charge is 2.21. The number of rotatable bonds is 1. The lowest BCUT2D eigenvalue weighted by molar-refractivity contribution is 0.601. The van der Waals surface area contributed by atoms with E-state index in [1.807, 2.05) is 0 Å². The smallest absolute Gasteiger partial charge is 0.367 e. The minimum atomic E-state index is -3.79. The van der Waals surface area contributed by atoms with Gasteiger partial charge in [0, 0.05) is 18.1 Å². The van der Waals surface area contributed by atoms with Crippen LogP contribution in [0, 0.1) is 0 Å². The molecule has 1 aliphatic rings. The minimum Gasteiger partial charge on any atom is -0.380 e. The lowest BCUT2D eigenvalue weighted by atomic mass is 10.4. The zero-order valence-corrected chi connectivity index (χ0v) is 8.27. The maximum atomic E-state index is 10.9. The van der Waals surface area contributed by atoms with Crippen molar-refractivity contribution in [1.29, 1.82) is 0 Å². The van der Waals surface area contributed by atoms with Crippen LogP contribution in [0.15, 0.2) is 33.3 Å². The number of nitrogens with one attached hydrogen (secondary N) is 1. The van der Waals surface area contributed by atoms with Gasteiger partial charge in [-0.3, -0.25) is 4.98 Å². The van der Waals surface area contributed by atoms with Crippen molar-refractivity contribution < 1.29 is 8.42 Å².